The van der Waals surface area contributed by atoms with E-state index in [1.807, 2.05) is 30.3 Å². The minimum Gasteiger partial charge on any atom is -0.299 e. The molecule has 0 saturated carbocycles. The SMILES string of the molecule is O=S(=O)(c1ccc(Cl)cc1)N(c1ccccc1)C1CCN(Cc2ccsc2)CC1. The molecule has 4 nitrogen and oxygen atoms in total. The third kappa shape index (κ3) is 4.67. The summed E-state index contributed by atoms with van der Waals surface area (Å²) < 4.78 is 28.7. The van der Waals surface area contributed by atoms with Crippen LogP contribution >= 0.6 is 22.9 Å². The van der Waals surface area contributed by atoms with Crippen molar-refractivity contribution in [2.45, 2.75) is 30.3 Å². The highest BCUT2D eigenvalue weighted by Crippen LogP contribution is 2.31. The normalized spacial score (nSPS) is 16.0. The lowest BCUT2D eigenvalue weighted by Crippen LogP contribution is -2.47. The van der Waals surface area contributed by atoms with Gasteiger partial charge in [0.2, 0.25) is 0 Å². The van der Waals surface area contributed by atoms with E-state index in [-0.39, 0.29) is 10.9 Å². The number of sulfonamides is 1. The Morgan fingerprint density at radius 1 is 1.00 bits per heavy atom. The van der Waals surface area contributed by atoms with Crippen LogP contribution in [0.4, 0.5) is 5.69 Å². The third-order valence-corrected chi connectivity index (χ3v) is 8.13. The molecule has 29 heavy (non-hydrogen) atoms. The average molecular weight is 447 g/mol. The Hall–Kier alpha value is -1.86. The molecule has 0 aliphatic carbocycles. The van der Waals surface area contributed by atoms with Crippen molar-refractivity contribution >= 4 is 38.6 Å². The summed E-state index contributed by atoms with van der Waals surface area (Å²) in [6, 6.07) is 17.9. The van der Waals surface area contributed by atoms with Crippen LogP contribution in [0.15, 0.2) is 76.3 Å². The Balaban J connectivity index is 1.58. The molecule has 1 aliphatic rings. The Morgan fingerprint density at radius 3 is 2.31 bits per heavy atom. The molecule has 1 saturated heterocycles. The molecular weight excluding hydrogens is 424 g/mol. The van der Waals surface area contributed by atoms with Crippen LogP contribution in [0.5, 0.6) is 0 Å². The van der Waals surface area contributed by atoms with Crippen molar-refractivity contribution in [1.29, 1.82) is 0 Å². The van der Waals surface area contributed by atoms with Gasteiger partial charge in [-0.1, -0.05) is 29.8 Å². The molecule has 0 unspecified atom stereocenters. The van der Waals surface area contributed by atoms with Gasteiger partial charge in [0, 0.05) is 30.7 Å². The highest BCUT2D eigenvalue weighted by atomic mass is 35.5. The summed E-state index contributed by atoms with van der Waals surface area (Å²) in [5, 5.41) is 4.79. The summed E-state index contributed by atoms with van der Waals surface area (Å²) in [7, 11) is -3.68. The van der Waals surface area contributed by atoms with Gasteiger partial charge in [0.15, 0.2) is 0 Å². The number of para-hydroxylation sites is 1. The minimum absolute atomic E-state index is 0.0724. The predicted octanol–water partition coefficient (Wildman–Crippen LogP) is 5.26. The Kier molecular flexibility index (Phi) is 6.25. The molecule has 0 N–H and O–H groups in total. The fourth-order valence-electron chi connectivity index (χ4n) is 3.79. The van der Waals surface area contributed by atoms with Crippen molar-refractivity contribution in [2.24, 2.45) is 0 Å². The molecule has 0 amide bonds. The molecule has 1 fully saturated rings. The molecular formula is C22H23ClN2O2S2. The first-order chi connectivity index (χ1) is 14.0. The second-order valence-corrected chi connectivity index (χ2v) is 10.3. The fourth-order valence-corrected chi connectivity index (χ4v) is 6.29. The lowest BCUT2D eigenvalue weighted by Gasteiger charge is -2.39. The van der Waals surface area contributed by atoms with Gasteiger partial charge in [0.05, 0.1) is 10.6 Å². The van der Waals surface area contributed by atoms with E-state index in [9.17, 15) is 8.42 Å². The number of hydrogen-bond acceptors (Lipinski definition) is 4. The lowest BCUT2D eigenvalue weighted by atomic mass is 10.0. The maximum absolute atomic E-state index is 13.6. The molecule has 2 aromatic carbocycles. The number of anilines is 1. The van der Waals surface area contributed by atoms with Crippen molar-refractivity contribution in [3.05, 3.63) is 82.0 Å². The number of rotatable bonds is 6. The summed E-state index contributed by atoms with van der Waals surface area (Å²) in [5.74, 6) is 0. The fraction of sp³-hybridized carbons (Fsp3) is 0.273. The number of thiophene rings is 1. The zero-order valence-corrected chi connectivity index (χ0v) is 18.3. The van der Waals surface area contributed by atoms with Crippen molar-refractivity contribution in [3.63, 3.8) is 0 Å². The quantitative estimate of drug-likeness (QED) is 0.518. The summed E-state index contributed by atoms with van der Waals surface area (Å²) in [6.07, 6.45) is 1.59. The van der Waals surface area contributed by atoms with Crippen molar-refractivity contribution in [1.82, 2.24) is 4.90 Å². The predicted molar refractivity (Wildman–Crippen MR) is 120 cm³/mol. The van der Waals surface area contributed by atoms with E-state index < -0.39 is 10.0 Å². The van der Waals surface area contributed by atoms with Gasteiger partial charge in [-0.2, -0.15) is 11.3 Å². The van der Waals surface area contributed by atoms with E-state index in [1.54, 1.807) is 39.9 Å². The average Bonchev–Trinajstić information content (AvgIpc) is 3.24. The van der Waals surface area contributed by atoms with E-state index in [1.165, 1.54) is 5.56 Å². The number of piperidine rings is 1. The Morgan fingerprint density at radius 2 is 1.69 bits per heavy atom. The Bertz CT molecular complexity index is 1010. The first-order valence-electron chi connectivity index (χ1n) is 9.62. The van der Waals surface area contributed by atoms with Gasteiger partial charge in [-0.05, 0) is 71.6 Å². The summed E-state index contributed by atoms with van der Waals surface area (Å²) in [6.45, 7) is 2.67. The lowest BCUT2D eigenvalue weighted by molar-refractivity contribution is 0.207. The van der Waals surface area contributed by atoms with Gasteiger partial charge in [0.1, 0.15) is 0 Å². The summed E-state index contributed by atoms with van der Waals surface area (Å²) in [5.41, 5.74) is 2.03. The zero-order valence-electron chi connectivity index (χ0n) is 15.9. The van der Waals surface area contributed by atoms with E-state index in [0.29, 0.717) is 10.7 Å². The third-order valence-electron chi connectivity index (χ3n) is 5.26. The molecule has 0 atom stereocenters. The molecule has 3 aromatic rings. The first-order valence-corrected chi connectivity index (χ1v) is 12.4. The van der Waals surface area contributed by atoms with Crippen LogP contribution in [0.1, 0.15) is 18.4 Å². The number of nitrogens with zero attached hydrogens (tertiary/aromatic N) is 2. The molecule has 0 radical (unpaired) electrons. The van der Waals surface area contributed by atoms with E-state index in [4.69, 9.17) is 11.6 Å². The molecule has 2 heterocycles. The highest BCUT2D eigenvalue weighted by Gasteiger charge is 2.34. The van der Waals surface area contributed by atoms with Crippen LogP contribution in [0.3, 0.4) is 0 Å². The molecule has 4 rings (SSSR count). The minimum atomic E-state index is -3.68. The Labute approximate surface area is 181 Å². The largest absolute Gasteiger partial charge is 0.299 e. The standard InChI is InChI=1S/C22H23ClN2O2S2/c23-19-6-8-22(9-7-19)29(26,27)25(20-4-2-1-3-5-20)21-10-13-24(14-11-21)16-18-12-15-28-17-18/h1-9,12,15,17,21H,10-11,13-14,16H2. The smallest absolute Gasteiger partial charge is 0.264 e. The second-order valence-electron chi connectivity index (χ2n) is 7.23. The molecule has 1 aromatic heterocycles. The van der Waals surface area contributed by atoms with Gasteiger partial charge in [-0.25, -0.2) is 8.42 Å². The molecule has 0 bridgehead atoms. The van der Waals surface area contributed by atoms with Crippen LogP contribution < -0.4 is 4.31 Å². The van der Waals surface area contributed by atoms with Crippen molar-refractivity contribution < 1.29 is 8.42 Å². The molecule has 0 spiro atoms. The van der Waals surface area contributed by atoms with Crippen molar-refractivity contribution in [2.75, 3.05) is 17.4 Å². The van der Waals surface area contributed by atoms with Gasteiger partial charge in [-0.15, -0.1) is 0 Å². The van der Waals surface area contributed by atoms with Gasteiger partial charge >= 0.3 is 0 Å². The van der Waals surface area contributed by atoms with E-state index in [0.717, 1.165) is 32.5 Å². The van der Waals surface area contributed by atoms with E-state index >= 15 is 0 Å². The summed E-state index contributed by atoms with van der Waals surface area (Å²) >= 11 is 7.68. The number of benzene rings is 2. The molecule has 7 heteroatoms. The van der Waals surface area contributed by atoms with Crippen LogP contribution in [0.25, 0.3) is 0 Å². The molecule has 1 aliphatic heterocycles. The van der Waals surface area contributed by atoms with Crippen LogP contribution in [0.2, 0.25) is 5.02 Å². The first kappa shape index (κ1) is 20.4. The van der Waals surface area contributed by atoms with Gasteiger partial charge < -0.3 is 0 Å². The highest BCUT2D eigenvalue weighted by molar-refractivity contribution is 7.92. The van der Waals surface area contributed by atoms with Gasteiger partial charge in [-0.3, -0.25) is 9.21 Å². The van der Waals surface area contributed by atoms with E-state index in [2.05, 4.69) is 21.7 Å². The monoisotopic (exact) mass is 446 g/mol. The number of likely N-dealkylation sites (tertiary alicyclic amines) is 1. The number of hydrogen-bond donors (Lipinski definition) is 0. The number of halogens is 1. The zero-order chi connectivity index (χ0) is 20.3. The maximum Gasteiger partial charge on any atom is 0.264 e. The second kappa shape index (κ2) is 8.88. The van der Waals surface area contributed by atoms with Crippen molar-refractivity contribution in [3.8, 4) is 0 Å². The topological polar surface area (TPSA) is 40.6 Å². The maximum atomic E-state index is 13.6. The van der Waals surface area contributed by atoms with Crippen LogP contribution in [-0.2, 0) is 16.6 Å². The van der Waals surface area contributed by atoms with Crippen LogP contribution in [0, 0.1) is 0 Å². The van der Waals surface area contributed by atoms with Gasteiger partial charge in [0.25, 0.3) is 10.0 Å². The molecule has 152 valence electrons. The summed E-state index contributed by atoms with van der Waals surface area (Å²) in [4.78, 5) is 2.67. The van der Waals surface area contributed by atoms with Crippen LogP contribution in [-0.4, -0.2) is 32.4 Å².